The summed E-state index contributed by atoms with van der Waals surface area (Å²) in [5, 5.41) is 0. The van der Waals surface area contributed by atoms with E-state index in [1.54, 1.807) is 0 Å². The van der Waals surface area contributed by atoms with Gasteiger partial charge in [-0.2, -0.15) is 0 Å². The molecule has 1 rings (SSSR count). The van der Waals surface area contributed by atoms with Crippen molar-refractivity contribution in [2.45, 2.75) is 32.1 Å². The minimum absolute atomic E-state index is 1.08. The van der Waals surface area contributed by atoms with Crippen LogP contribution in [0, 0.1) is 0 Å². The second-order valence-corrected chi connectivity index (χ2v) is 4.77. The molecule has 0 spiro atoms. The zero-order valence-corrected chi connectivity index (χ0v) is 10.5. The van der Waals surface area contributed by atoms with Gasteiger partial charge in [-0.1, -0.05) is 32.1 Å². The first-order chi connectivity index (χ1) is 5.33. The zero-order valence-electron chi connectivity index (χ0n) is 8.54. The van der Waals surface area contributed by atoms with E-state index in [0.29, 0.717) is 0 Å². The molecule has 0 aromatic heterocycles. The molecule has 1 aliphatic rings. The van der Waals surface area contributed by atoms with Crippen LogP contribution in [0.1, 0.15) is 32.1 Å². The Bertz CT molecular complexity index is 33.2. The van der Waals surface area contributed by atoms with Gasteiger partial charge in [-0.15, -0.1) is 17.2 Å². The minimum atomic E-state index is 1.08. The van der Waals surface area contributed by atoms with E-state index >= 15 is 0 Å². The fraction of sp³-hybridized carbons (Fsp3) is 1.00. The molecule has 1 aliphatic carbocycles. The van der Waals surface area contributed by atoms with Crippen LogP contribution in [0.4, 0.5) is 0 Å². The maximum absolute atomic E-state index is 2.15. The molecule has 0 aliphatic heterocycles. The first-order valence-electron chi connectivity index (χ1n) is 4.50. The van der Waals surface area contributed by atoms with Gasteiger partial charge in [0.25, 0.3) is 0 Å². The van der Waals surface area contributed by atoms with Gasteiger partial charge in [-0.05, 0) is 26.7 Å². The third kappa shape index (κ3) is 24.8. The Morgan fingerprint density at radius 3 is 0.727 bits per heavy atom. The van der Waals surface area contributed by atoms with E-state index in [1.807, 2.05) is 0 Å². The lowest BCUT2D eigenvalue weighted by Gasteiger charge is -1.67. The molecule has 0 aromatic carbocycles. The van der Waals surface area contributed by atoms with E-state index in [4.69, 9.17) is 0 Å². The molecule has 1 fully saturated rings. The summed E-state index contributed by atoms with van der Waals surface area (Å²) in [6.45, 7) is 8.61. The second kappa shape index (κ2) is 17.1. The van der Waals surface area contributed by atoms with Crippen LogP contribution in [0.2, 0.25) is 0 Å². The van der Waals surface area contributed by atoms with Crippen molar-refractivity contribution in [3.63, 3.8) is 0 Å². The largest absolute Gasteiger partial charge is 0.129 e. The van der Waals surface area contributed by atoms with Gasteiger partial charge in [0, 0.05) is 0 Å². The normalized spacial score (nSPS) is 14.2. The summed E-state index contributed by atoms with van der Waals surface area (Å²) in [6.07, 6.45) is 7.50. The zero-order chi connectivity index (χ0) is 8.95. The maximum Gasteiger partial charge on any atom is -0.0475 e. The molecular formula is C9H24P2. The van der Waals surface area contributed by atoms with Gasteiger partial charge < -0.3 is 0 Å². The van der Waals surface area contributed by atoms with E-state index in [9.17, 15) is 0 Å². The summed E-state index contributed by atoms with van der Waals surface area (Å²) in [6, 6.07) is 0. The molecule has 0 N–H and O–H groups in total. The average Bonchev–Trinajstić information content (AvgIpc) is 2.44. The Hall–Kier alpha value is 0.860. The van der Waals surface area contributed by atoms with Crippen LogP contribution in [0.5, 0.6) is 0 Å². The summed E-state index contributed by atoms with van der Waals surface area (Å²) in [7, 11) is 2.17. The smallest absolute Gasteiger partial charge is 0.0475 e. The predicted molar refractivity (Wildman–Crippen MR) is 63.4 cm³/mol. The molecule has 2 heteroatoms. The van der Waals surface area contributed by atoms with Crippen LogP contribution >= 0.6 is 17.2 Å². The van der Waals surface area contributed by atoms with Crippen LogP contribution in [0.3, 0.4) is 0 Å². The van der Waals surface area contributed by atoms with Crippen molar-refractivity contribution in [2.24, 2.45) is 0 Å². The minimum Gasteiger partial charge on any atom is -0.129 e. The first-order valence-corrected chi connectivity index (χ1v) is 8.50. The fourth-order valence-electron chi connectivity index (χ4n) is 0.884. The lowest BCUT2D eigenvalue weighted by atomic mass is 10.4. The molecule has 1 saturated carbocycles. The molecule has 0 amide bonds. The SMILES string of the molecule is C1CCCC1.CPC.CPC. The molecule has 0 nitrogen and oxygen atoms in total. The fourth-order valence-corrected chi connectivity index (χ4v) is 0.884. The molecule has 70 valence electrons. The molecule has 0 saturated heterocycles. The maximum atomic E-state index is 2.15. The summed E-state index contributed by atoms with van der Waals surface area (Å²) < 4.78 is 0. The topological polar surface area (TPSA) is 0 Å². The van der Waals surface area contributed by atoms with Gasteiger partial charge in [-0.25, -0.2) is 0 Å². The second-order valence-electron chi connectivity index (χ2n) is 2.77. The molecule has 0 aromatic rings. The average molecular weight is 194 g/mol. The Kier molecular flexibility index (Phi) is 22.4. The number of hydrogen-bond acceptors (Lipinski definition) is 0. The quantitative estimate of drug-likeness (QED) is 0.514. The molecule has 0 heterocycles. The van der Waals surface area contributed by atoms with Crippen molar-refractivity contribution in [3.8, 4) is 0 Å². The highest BCUT2D eigenvalue weighted by molar-refractivity contribution is 7.36. The lowest BCUT2D eigenvalue weighted by molar-refractivity contribution is 0.886. The standard InChI is InChI=1S/C5H10.2C2H7P/c1-2-4-5-3-1;2*1-3-2/h1-5H2;2*3H,1-2H3. The van der Waals surface area contributed by atoms with Crippen LogP contribution in [0.15, 0.2) is 0 Å². The van der Waals surface area contributed by atoms with E-state index in [-0.39, 0.29) is 0 Å². The summed E-state index contributed by atoms with van der Waals surface area (Å²) >= 11 is 0. The van der Waals surface area contributed by atoms with Crippen molar-refractivity contribution >= 4 is 17.2 Å². The van der Waals surface area contributed by atoms with Gasteiger partial charge in [0.15, 0.2) is 0 Å². The Balaban J connectivity index is 0. The highest BCUT2D eigenvalue weighted by Gasteiger charge is 1.95. The van der Waals surface area contributed by atoms with Crippen molar-refractivity contribution < 1.29 is 0 Å². The monoisotopic (exact) mass is 194 g/mol. The van der Waals surface area contributed by atoms with E-state index in [2.05, 4.69) is 26.7 Å². The van der Waals surface area contributed by atoms with Crippen LogP contribution in [-0.4, -0.2) is 26.7 Å². The number of rotatable bonds is 0. The molecule has 0 radical (unpaired) electrons. The first kappa shape index (κ1) is 14.4. The summed E-state index contributed by atoms with van der Waals surface area (Å²) in [5.74, 6) is 0. The highest BCUT2D eigenvalue weighted by Crippen LogP contribution is 2.15. The Morgan fingerprint density at radius 2 is 0.636 bits per heavy atom. The van der Waals surface area contributed by atoms with Crippen molar-refractivity contribution in [3.05, 3.63) is 0 Å². The Labute approximate surface area is 76.5 Å². The molecule has 11 heavy (non-hydrogen) atoms. The lowest BCUT2D eigenvalue weighted by Crippen LogP contribution is -1.47. The van der Waals surface area contributed by atoms with E-state index < -0.39 is 0 Å². The number of hydrogen-bond donors (Lipinski definition) is 0. The van der Waals surface area contributed by atoms with Crippen molar-refractivity contribution in [1.82, 2.24) is 0 Å². The third-order valence-electron chi connectivity index (χ3n) is 1.25. The van der Waals surface area contributed by atoms with Gasteiger partial charge in [0.1, 0.15) is 0 Å². The molecule has 0 atom stereocenters. The van der Waals surface area contributed by atoms with Crippen molar-refractivity contribution in [2.75, 3.05) is 26.7 Å². The van der Waals surface area contributed by atoms with Crippen LogP contribution < -0.4 is 0 Å². The van der Waals surface area contributed by atoms with Crippen LogP contribution in [-0.2, 0) is 0 Å². The third-order valence-corrected chi connectivity index (χ3v) is 1.25. The van der Waals surface area contributed by atoms with E-state index in [0.717, 1.165) is 17.2 Å². The van der Waals surface area contributed by atoms with Gasteiger partial charge in [0.2, 0.25) is 0 Å². The van der Waals surface area contributed by atoms with E-state index in [1.165, 1.54) is 32.1 Å². The van der Waals surface area contributed by atoms with Crippen molar-refractivity contribution in [1.29, 1.82) is 0 Å². The predicted octanol–water partition coefficient (Wildman–Crippen LogP) is 3.80. The van der Waals surface area contributed by atoms with Gasteiger partial charge in [0.05, 0.1) is 0 Å². The van der Waals surface area contributed by atoms with Gasteiger partial charge in [-0.3, -0.25) is 0 Å². The summed E-state index contributed by atoms with van der Waals surface area (Å²) in [4.78, 5) is 0. The molecular weight excluding hydrogens is 170 g/mol. The van der Waals surface area contributed by atoms with Gasteiger partial charge >= 0.3 is 0 Å². The summed E-state index contributed by atoms with van der Waals surface area (Å²) in [5.41, 5.74) is 0. The van der Waals surface area contributed by atoms with Crippen LogP contribution in [0.25, 0.3) is 0 Å². The Morgan fingerprint density at radius 1 is 0.545 bits per heavy atom. The highest BCUT2D eigenvalue weighted by atomic mass is 31.1. The molecule has 0 bridgehead atoms. The molecule has 0 unspecified atom stereocenters.